The van der Waals surface area contributed by atoms with Gasteiger partial charge < -0.3 is 12.4 Å². The van der Waals surface area contributed by atoms with E-state index in [0.29, 0.717) is 0 Å². The fourth-order valence-electron chi connectivity index (χ4n) is 0.314. The smallest absolute Gasteiger partial charge is 0.218 e. The van der Waals surface area contributed by atoms with Crippen molar-refractivity contribution in [3.63, 3.8) is 0 Å². The van der Waals surface area contributed by atoms with Crippen LogP contribution in [0.5, 0.6) is 0 Å². The normalized spacial score (nSPS) is 15.9. The Hall–Kier alpha value is 0.0900. The van der Waals surface area contributed by atoms with Crippen LogP contribution in [0.4, 0.5) is 0 Å². The Morgan fingerprint density at radius 2 is 2.43 bits per heavy atom. The van der Waals surface area contributed by atoms with E-state index < -0.39 is 0 Å². The molecule has 0 aliphatic carbocycles. The van der Waals surface area contributed by atoms with E-state index in [0.717, 1.165) is 5.58 Å². The molecule has 1 aliphatic rings. The van der Waals surface area contributed by atoms with Crippen LogP contribution >= 0.6 is 9.24 Å². The fourth-order valence-corrected chi connectivity index (χ4v) is 0.511. The minimum atomic E-state index is 0. The number of rotatable bonds is 0. The van der Waals surface area contributed by atoms with E-state index in [1.54, 1.807) is 6.20 Å². The van der Waals surface area contributed by atoms with Gasteiger partial charge in [0.15, 0.2) is 0 Å². The molecule has 1 atom stereocenters. The minimum absolute atomic E-state index is 0. The first-order valence-corrected chi connectivity index (χ1v) is 2.30. The molecule has 1 rings (SSSR count). The first kappa shape index (κ1) is 7.09. The maximum Gasteiger partial charge on any atom is 0.218 e. The van der Waals surface area contributed by atoms with Gasteiger partial charge in [0.25, 0.3) is 0 Å². The average Bonchev–Trinajstić information content (AvgIpc) is 1.86. The summed E-state index contributed by atoms with van der Waals surface area (Å²) in [5, 5.41) is 1.94. The molecule has 0 aromatic carbocycles. The zero-order valence-electron chi connectivity index (χ0n) is 3.63. The van der Waals surface area contributed by atoms with Crippen LogP contribution in [0.25, 0.3) is 0 Å². The monoisotopic (exact) mass is 136 g/mol. The zero-order valence-corrected chi connectivity index (χ0v) is 5.55. The third kappa shape index (κ3) is 2.03. The first-order valence-electron chi connectivity index (χ1n) is 1.73. The van der Waals surface area contributed by atoms with Crippen LogP contribution in [0, 0.1) is 0 Å². The van der Waals surface area contributed by atoms with Crippen molar-refractivity contribution >= 4 is 14.8 Å². The van der Waals surface area contributed by atoms with Crippen molar-refractivity contribution < 1.29 is 17.7 Å². The molecule has 0 saturated heterocycles. The highest BCUT2D eigenvalue weighted by molar-refractivity contribution is 7.39. The molecule has 2 nitrogen and oxygen atoms in total. The second-order valence-corrected chi connectivity index (χ2v) is 1.65. The van der Waals surface area contributed by atoms with Crippen molar-refractivity contribution in [2.75, 3.05) is 0 Å². The lowest BCUT2D eigenvalue weighted by atomic mass is 11.0. The van der Waals surface area contributed by atoms with Crippen LogP contribution in [-0.2, 0) is 0 Å². The van der Waals surface area contributed by atoms with Gasteiger partial charge in [-0.2, -0.15) is 4.99 Å². The predicted octanol–water partition coefficient (Wildman–Crippen LogP) is -3.73. The Kier molecular flexibility index (Phi) is 3.18. The van der Waals surface area contributed by atoms with Crippen LogP contribution in [0.15, 0.2) is 17.4 Å². The largest absolute Gasteiger partial charge is 1.00 e. The Morgan fingerprint density at radius 3 is 2.57 bits per heavy atom. The minimum Gasteiger partial charge on any atom is -1.00 e. The molecule has 0 radical (unpaired) electrons. The van der Waals surface area contributed by atoms with Gasteiger partial charge in [0.2, 0.25) is 5.58 Å². The molecule has 1 unspecified atom stereocenters. The molecule has 4 heteroatoms. The van der Waals surface area contributed by atoms with Crippen molar-refractivity contribution in [3.05, 3.63) is 12.4 Å². The highest BCUT2D eigenvalue weighted by Crippen LogP contribution is 1.83. The molecule has 1 aliphatic heterocycles. The lowest BCUT2D eigenvalue weighted by molar-refractivity contribution is -0.451. The van der Waals surface area contributed by atoms with Crippen molar-refractivity contribution in [2.24, 2.45) is 4.99 Å². The molecule has 0 fully saturated rings. The summed E-state index contributed by atoms with van der Waals surface area (Å²) < 4.78 is 0. The van der Waals surface area contributed by atoms with Gasteiger partial charge in [-0.1, -0.05) is 0 Å². The van der Waals surface area contributed by atoms with Crippen LogP contribution in [0.3, 0.4) is 0 Å². The van der Waals surface area contributed by atoms with E-state index in [1.165, 1.54) is 0 Å². The van der Waals surface area contributed by atoms with Crippen LogP contribution in [0.2, 0.25) is 0 Å². The summed E-state index contributed by atoms with van der Waals surface area (Å²) in [5.74, 6) is 0. The SMILES string of the molecule is PC1=NC=C[NH2+]1.[Cl-]. The summed E-state index contributed by atoms with van der Waals surface area (Å²) in [6.07, 6.45) is 3.67. The second-order valence-electron chi connectivity index (χ2n) is 1.06. The van der Waals surface area contributed by atoms with E-state index >= 15 is 0 Å². The summed E-state index contributed by atoms with van der Waals surface area (Å²) in [6, 6.07) is 0. The van der Waals surface area contributed by atoms with E-state index in [4.69, 9.17) is 0 Å². The van der Waals surface area contributed by atoms with Crippen LogP contribution < -0.4 is 17.7 Å². The van der Waals surface area contributed by atoms with E-state index in [1.807, 2.05) is 11.5 Å². The molecule has 40 valence electrons. The summed E-state index contributed by atoms with van der Waals surface area (Å²) in [5.41, 5.74) is 1.01. The molecule has 0 bridgehead atoms. The third-order valence-corrected chi connectivity index (χ3v) is 0.918. The first-order chi connectivity index (χ1) is 2.89. The molecule has 0 aromatic rings. The number of nitrogens with zero attached hydrogens (tertiary/aromatic N) is 1. The maximum absolute atomic E-state index is 3.88. The molecule has 0 spiro atoms. The molecule has 7 heavy (non-hydrogen) atoms. The maximum atomic E-state index is 3.88. The predicted molar refractivity (Wildman–Crippen MR) is 28.2 cm³/mol. The molecular weight excluding hydrogens is 130 g/mol. The average molecular weight is 137 g/mol. The van der Waals surface area contributed by atoms with Gasteiger partial charge >= 0.3 is 0 Å². The summed E-state index contributed by atoms with van der Waals surface area (Å²) >= 11 is 0. The molecule has 2 N–H and O–H groups in total. The van der Waals surface area contributed by atoms with Crippen molar-refractivity contribution in [1.29, 1.82) is 0 Å². The van der Waals surface area contributed by atoms with Crippen molar-refractivity contribution in [3.8, 4) is 0 Å². The fraction of sp³-hybridized carbons (Fsp3) is 0. The van der Waals surface area contributed by atoms with E-state index in [2.05, 4.69) is 14.2 Å². The molecule has 0 amide bonds. The molecule has 1 heterocycles. The van der Waals surface area contributed by atoms with Gasteiger partial charge in [0.1, 0.15) is 6.20 Å². The molecule has 0 saturated carbocycles. The third-order valence-electron chi connectivity index (χ3n) is 0.577. The highest BCUT2D eigenvalue weighted by atomic mass is 35.5. The molecule has 0 aromatic heterocycles. The molecular formula is C3H6ClN2P. The summed E-state index contributed by atoms with van der Waals surface area (Å²) in [7, 11) is 2.50. The lowest BCUT2D eigenvalue weighted by Crippen LogP contribution is -3.00. The number of quaternary nitrogens is 1. The quantitative estimate of drug-likeness (QED) is 0.332. The van der Waals surface area contributed by atoms with Gasteiger partial charge in [-0.15, -0.1) is 0 Å². The number of hydrogen-bond donors (Lipinski definition) is 1. The summed E-state index contributed by atoms with van der Waals surface area (Å²) in [4.78, 5) is 3.88. The lowest BCUT2D eigenvalue weighted by Gasteiger charge is -1.75. The number of hydrogen-bond acceptors (Lipinski definition) is 1. The van der Waals surface area contributed by atoms with Gasteiger partial charge in [0, 0.05) is 0 Å². The summed E-state index contributed by atoms with van der Waals surface area (Å²) in [6.45, 7) is 0. The number of halogens is 1. The van der Waals surface area contributed by atoms with Gasteiger partial charge in [-0.3, -0.25) is 5.32 Å². The topological polar surface area (TPSA) is 29.0 Å². The Morgan fingerprint density at radius 1 is 1.71 bits per heavy atom. The standard InChI is InChI=1S/C3H5N2P.ClH/c6-3-4-1-2-5-3;/h1-2H,6H2,(H,4,5);1H. The van der Waals surface area contributed by atoms with Crippen LogP contribution in [-0.4, -0.2) is 5.58 Å². The van der Waals surface area contributed by atoms with Crippen molar-refractivity contribution in [2.45, 2.75) is 0 Å². The Labute approximate surface area is 50.7 Å². The second kappa shape index (κ2) is 3.14. The Balaban J connectivity index is 0.000000360. The van der Waals surface area contributed by atoms with E-state index in [-0.39, 0.29) is 12.4 Å². The highest BCUT2D eigenvalue weighted by Gasteiger charge is 1.92. The van der Waals surface area contributed by atoms with E-state index in [9.17, 15) is 0 Å². The van der Waals surface area contributed by atoms with Crippen molar-refractivity contribution in [1.82, 2.24) is 0 Å². The number of amidine groups is 1. The zero-order chi connectivity index (χ0) is 4.41. The van der Waals surface area contributed by atoms with Gasteiger partial charge in [-0.25, -0.2) is 0 Å². The Bertz CT molecular complexity index is 110. The number of aliphatic imine (C=N–C) groups is 1. The number of nitrogens with two attached hydrogens (primary N) is 1. The van der Waals surface area contributed by atoms with Gasteiger partial charge in [-0.05, 0) is 9.24 Å². The van der Waals surface area contributed by atoms with Crippen LogP contribution in [0.1, 0.15) is 0 Å². The van der Waals surface area contributed by atoms with Gasteiger partial charge in [0.05, 0.1) is 6.20 Å².